The molecule has 0 bridgehead atoms. The molecule has 0 amide bonds. The summed E-state index contributed by atoms with van der Waals surface area (Å²) in [5.74, 6) is 1.36. The summed E-state index contributed by atoms with van der Waals surface area (Å²) in [5, 5.41) is 0.576. The Morgan fingerprint density at radius 3 is 2.58 bits per heavy atom. The zero-order valence-electron chi connectivity index (χ0n) is 14.5. The van der Waals surface area contributed by atoms with Crippen molar-refractivity contribution in [2.75, 3.05) is 26.1 Å². The molecular weight excluding hydrogens is 363 g/mol. The Morgan fingerprint density at radius 1 is 1.15 bits per heavy atom. The average molecular weight is 381 g/mol. The van der Waals surface area contributed by atoms with Crippen LogP contribution in [0.1, 0.15) is 11.1 Å². The van der Waals surface area contributed by atoms with Crippen LogP contribution >= 0.6 is 11.8 Å². The molecule has 1 N–H and O–H groups in total. The zero-order valence-corrected chi connectivity index (χ0v) is 15.3. The molecule has 0 aliphatic heterocycles. The molecule has 1 heterocycles. The number of hydrogen-bond acceptors (Lipinski definition) is 4. The maximum absolute atomic E-state index is 12.8. The minimum absolute atomic E-state index is 0.376. The van der Waals surface area contributed by atoms with Gasteiger partial charge in [0, 0.05) is 25.5 Å². The lowest BCUT2D eigenvalue weighted by molar-refractivity contribution is -0.137. The van der Waals surface area contributed by atoms with Crippen LogP contribution in [0.2, 0.25) is 0 Å². The molecule has 8 heteroatoms. The van der Waals surface area contributed by atoms with Crippen molar-refractivity contribution in [3.8, 4) is 5.75 Å². The molecule has 0 radical (unpaired) electrons. The average Bonchev–Trinajstić information content (AvgIpc) is 3.00. The monoisotopic (exact) mass is 381 g/mol. The third kappa shape index (κ3) is 3.90. The Hall–Kier alpha value is -2.35. The number of imidazole rings is 1. The molecule has 138 valence electrons. The second kappa shape index (κ2) is 7.11. The third-order valence-corrected chi connectivity index (χ3v) is 4.84. The summed E-state index contributed by atoms with van der Waals surface area (Å²) < 4.78 is 43.8. The molecule has 26 heavy (non-hydrogen) atoms. The molecule has 0 atom stereocenters. The summed E-state index contributed by atoms with van der Waals surface area (Å²) in [4.78, 5) is 9.33. The van der Waals surface area contributed by atoms with Crippen LogP contribution in [0.25, 0.3) is 11.0 Å². The van der Waals surface area contributed by atoms with Crippen LogP contribution in [0, 0.1) is 0 Å². The predicted octanol–water partition coefficient (Wildman–Crippen LogP) is 4.95. The van der Waals surface area contributed by atoms with Gasteiger partial charge in [0.25, 0.3) is 0 Å². The van der Waals surface area contributed by atoms with Crippen LogP contribution in [-0.2, 0) is 11.9 Å². The van der Waals surface area contributed by atoms with E-state index in [0.717, 1.165) is 29.1 Å². The summed E-state index contributed by atoms with van der Waals surface area (Å²) in [6, 6.07) is 9.33. The summed E-state index contributed by atoms with van der Waals surface area (Å²) in [7, 11) is 5.52. The first-order chi connectivity index (χ1) is 12.3. The molecule has 1 aromatic heterocycles. The van der Waals surface area contributed by atoms with Crippen molar-refractivity contribution < 1.29 is 17.9 Å². The van der Waals surface area contributed by atoms with E-state index in [1.54, 1.807) is 7.11 Å². The van der Waals surface area contributed by atoms with E-state index in [2.05, 4.69) is 9.97 Å². The molecule has 0 aliphatic carbocycles. The number of rotatable bonds is 5. The number of halogens is 3. The Balaban J connectivity index is 1.84. The molecule has 2 aromatic carbocycles. The van der Waals surface area contributed by atoms with E-state index in [1.807, 2.05) is 37.2 Å². The van der Waals surface area contributed by atoms with Gasteiger partial charge < -0.3 is 14.6 Å². The fourth-order valence-electron chi connectivity index (χ4n) is 2.62. The van der Waals surface area contributed by atoms with Crippen molar-refractivity contribution in [2.24, 2.45) is 0 Å². The third-order valence-electron chi connectivity index (χ3n) is 3.92. The Kier molecular flexibility index (Phi) is 5.04. The quantitative estimate of drug-likeness (QED) is 0.635. The van der Waals surface area contributed by atoms with Gasteiger partial charge in [-0.05, 0) is 42.0 Å². The van der Waals surface area contributed by atoms with E-state index >= 15 is 0 Å². The van der Waals surface area contributed by atoms with E-state index in [-0.39, 0.29) is 0 Å². The highest BCUT2D eigenvalue weighted by Gasteiger charge is 2.30. The number of nitrogens with one attached hydrogen (secondary N) is 1. The van der Waals surface area contributed by atoms with Gasteiger partial charge in [-0.3, -0.25) is 0 Å². The van der Waals surface area contributed by atoms with E-state index in [0.29, 0.717) is 21.9 Å². The van der Waals surface area contributed by atoms with Gasteiger partial charge in [0.2, 0.25) is 0 Å². The van der Waals surface area contributed by atoms with Gasteiger partial charge in [-0.15, -0.1) is 0 Å². The molecule has 0 saturated heterocycles. The SMILES string of the molecule is COc1ccc(N(C)C)c(CSc2nc3ccc(C(F)(F)F)cc3[nH]2)c1. The largest absolute Gasteiger partial charge is 0.497 e. The van der Waals surface area contributed by atoms with E-state index in [9.17, 15) is 13.2 Å². The lowest BCUT2D eigenvalue weighted by Gasteiger charge is -2.18. The number of nitrogens with zero attached hydrogens (tertiary/aromatic N) is 2. The zero-order chi connectivity index (χ0) is 18.9. The number of fused-ring (bicyclic) bond motifs is 1. The molecule has 0 unspecified atom stereocenters. The van der Waals surface area contributed by atoms with Gasteiger partial charge in [-0.25, -0.2) is 4.98 Å². The highest BCUT2D eigenvalue weighted by molar-refractivity contribution is 7.98. The Labute approximate surface area is 153 Å². The minimum Gasteiger partial charge on any atom is -0.497 e. The number of ether oxygens (including phenoxy) is 1. The van der Waals surface area contributed by atoms with Gasteiger partial charge in [0.15, 0.2) is 5.16 Å². The number of alkyl halides is 3. The summed E-state index contributed by atoms with van der Waals surface area (Å²) >= 11 is 1.43. The number of benzene rings is 2. The lowest BCUT2D eigenvalue weighted by Crippen LogP contribution is -2.11. The van der Waals surface area contributed by atoms with E-state index in [1.165, 1.54) is 17.8 Å². The van der Waals surface area contributed by atoms with Crippen molar-refractivity contribution in [1.82, 2.24) is 9.97 Å². The number of hydrogen-bond donors (Lipinski definition) is 1. The molecule has 0 saturated carbocycles. The first-order valence-corrected chi connectivity index (χ1v) is 8.80. The molecule has 0 spiro atoms. The molecule has 3 aromatic rings. The van der Waals surface area contributed by atoms with Crippen LogP contribution in [0.5, 0.6) is 5.75 Å². The van der Waals surface area contributed by atoms with E-state index in [4.69, 9.17) is 4.74 Å². The summed E-state index contributed by atoms with van der Waals surface area (Å²) in [6.45, 7) is 0. The number of methoxy groups -OCH3 is 1. The van der Waals surface area contributed by atoms with E-state index < -0.39 is 11.7 Å². The standard InChI is InChI=1S/C18H18F3N3OS/c1-24(2)16-7-5-13(25-3)8-11(16)10-26-17-22-14-6-4-12(18(19,20)21)9-15(14)23-17/h4-9H,10H2,1-3H3,(H,22,23). The van der Waals surface area contributed by atoms with Crippen LogP contribution in [0.3, 0.4) is 0 Å². The fraction of sp³-hybridized carbons (Fsp3) is 0.278. The van der Waals surface area contributed by atoms with Crippen molar-refractivity contribution in [2.45, 2.75) is 17.1 Å². The lowest BCUT2D eigenvalue weighted by atomic mass is 10.2. The Bertz CT molecular complexity index is 922. The molecule has 0 fully saturated rings. The van der Waals surface area contributed by atoms with Crippen LogP contribution in [0.15, 0.2) is 41.6 Å². The highest BCUT2D eigenvalue weighted by atomic mass is 32.2. The molecular formula is C18H18F3N3OS. The summed E-state index contributed by atoms with van der Waals surface area (Å²) in [5.41, 5.74) is 2.30. The topological polar surface area (TPSA) is 41.1 Å². The second-order valence-electron chi connectivity index (χ2n) is 5.95. The number of thioether (sulfide) groups is 1. The van der Waals surface area contributed by atoms with Gasteiger partial charge in [0.05, 0.1) is 23.7 Å². The smallest absolute Gasteiger partial charge is 0.416 e. The predicted molar refractivity (Wildman–Crippen MR) is 98.0 cm³/mol. The highest BCUT2D eigenvalue weighted by Crippen LogP contribution is 2.33. The van der Waals surface area contributed by atoms with Gasteiger partial charge in [-0.2, -0.15) is 13.2 Å². The van der Waals surface area contributed by atoms with Crippen molar-refractivity contribution in [1.29, 1.82) is 0 Å². The second-order valence-corrected chi connectivity index (χ2v) is 6.91. The van der Waals surface area contributed by atoms with Crippen LogP contribution < -0.4 is 9.64 Å². The fourth-order valence-corrected chi connectivity index (χ4v) is 3.49. The number of anilines is 1. The molecule has 0 aliphatic rings. The van der Waals surface area contributed by atoms with Crippen molar-refractivity contribution in [3.63, 3.8) is 0 Å². The number of aromatic amines is 1. The first-order valence-electron chi connectivity index (χ1n) is 7.82. The maximum atomic E-state index is 12.8. The molecule has 3 rings (SSSR count). The maximum Gasteiger partial charge on any atom is 0.416 e. The van der Waals surface area contributed by atoms with Crippen LogP contribution in [0.4, 0.5) is 18.9 Å². The number of H-pyrrole nitrogens is 1. The Morgan fingerprint density at radius 2 is 1.92 bits per heavy atom. The van der Waals surface area contributed by atoms with Gasteiger partial charge >= 0.3 is 6.18 Å². The first kappa shape index (κ1) is 18.4. The molecule has 4 nitrogen and oxygen atoms in total. The van der Waals surface area contributed by atoms with Crippen molar-refractivity contribution >= 4 is 28.5 Å². The summed E-state index contributed by atoms with van der Waals surface area (Å²) in [6.07, 6.45) is -4.37. The van der Waals surface area contributed by atoms with Crippen LogP contribution in [-0.4, -0.2) is 31.2 Å². The van der Waals surface area contributed by atoms with Crippen molar-refractivity contribution in [3.05, 3.63) is 47.5 Å². The van der Waals surface area contributed by atoms with Gasteiger partial charge in [0.1, 0.15) is 5.75 Å². The number of aromatic nitrogens is 2. The van der Waals surface area contributed by atoms with Gasteiger partial charge in [-0.1, -0.05) is 11.8 Å². The minimum atomic E-state index is -4.37. The normalized spacial score (nSPS) is 11.8.